The first-order valence-electron chi connectivity index (χ1n) is 8.61. The Bertz CT molecular complexity index is 822. The number of nitrogens with one attached hydrogen (secondary N) is 1. The predicted molar refractivity (Wildman–Crippen MR) is 102 cm³/mol. The van der Waals surface area contributed by atoms with Gasteiger partial charge in [0.05, 0.1) is 12.3 Å². The molecule has 1 aliphatic heterocycles. The van der Waals surface area contributed by atoms with E-state index in [4.69, 9.17) is 25.8 Å². The van der Waals surface area contributed by atoms with Gasteiger partial charge in [0.25, 0.3) is 5.91 Å². The van der Waals surface area contributed by atoms with Gasteiger partial charge in [0, 0.05) is 23.1 Å². The highest BCUT2D eigenvalue weighted by Gasteiger charge is 2.22. The summed E-state index contributed by atoms with van der Waals surface area (Å²) in [5, 5.41) is 3.50. The SMILES string of the molecule is CCOc1cc2c(cc1NC(=O)COc1ccc(Cl)c(C)c1)O[C@@H](C)C2. The van der Waals surface area contributed by atoms with Crippen LogP contribution in [0.2, 0.25) is 5.02 Å². The summed E-state index contributed by atoms with van der Waals surface area (Å²) in [6.07, 6.45) is 0.963. The van der Waals surface area contributed by atoms with E-state index in [-0.39, 0.29) is 18.6 Å². The van der Waals surface area contributed by atoms with Crippen LogP contribution in [0.3, 0.4) is 0 Å². The molecule has 1 aliphatic rings. The molecule has 1 heterocycles. The molecule has 3 rings (SSSR count). The molecule has 0 spiro atoms. The first-order chi connectivity index (χ1) is 12.5. The van der Waals surface area contributed by atoms with E-state index >= 15 is 0 Å². The molecule has 0 unspecified atom stereocenters. The largest absolute Gasteiger partial charge is 0.492 e. The summed E-state index contributed by atoms with van der Waals surface area (Å²) in [7, 11) is 0. The number of aryl methyl sites for hydroxylation is 1. The zero-order valence-electron chi connectivity index (χ0n) is 15.1. The van der Waals surface area contributed by atoms with Gasteiger partial charge in [-0.25, -0.2) is 0 Å². The first-order valence-corrected chi connectivity index (χ1v) is 8.99. The van der Waals surface area contributed by atoms with Crippen LogP contribution in [0.4, 0.5) is 5.69 Å². The molecule has 0 bridgehead atoms. The Balaban J connectivity index is 1.68. The number of hydrogen-bond donors (Lipinski definition) is 1. The summed E-state index contributed by atoms with van der Waals surface area (Å²) >= 11 is 5.99. The predicted octanol–water partition coefficient (Wildman–Crippen LogP) is 4.39. The fraction of sp³-hybridized carbons (Fsp3) is 0.350. The van der Waals surface area contributed by atoms with Crippen molar-refractivity contribution >= 4 is 23.2 Å². The van der Waals surface area contributed by atoms with Gasteiger partial charge in [0.1, 0.15) is 23.4 Å². The van der Waals surface area contributed by atoms with Crippen LogP contribution in [0.15, 0.2) is 30.3 Å². The van der Waals surface area contributed by atoms with Crippen molar-refractivity contribution in [1.29, 1.82) is 0 Å². The smallest absolute Gasteiger partial charge is 0.262 e. The third-order valence-electron chi connectivity index (χ3n) is 4.07. The normalized spacial score (nSPS) is 15.2. The molecule has 0 fully saturated rings. The molecule has 0 aliphatic carbocycles. The van der Waals surface area contributed by atoms with Gasteiger partial charge in [-0.2, -0.15) is 0 Å². The minimum Gasteiger partial charge on any atom is -0.492 e. The van der Waals surface area contributed by atoms with Crippen molar-refractivity contribution in [3.8, 4) is 17.2 Å². The summed E-state index contributed by atoms with van der Waals surface area (Å²) in [5.74, 6) is 1.74. The van der Waals surface area contributed by atoms with Gasteiger partial charge in [-0.05, 0) is 50.6 Å². The zero-order chi connectivity index (χ0) is 18.7. The maximum atomic E-state index is 12.3. The third-order valence-corrected chi connectivity index (χ3v) is 4.50. The minimum absolute atomic E-state index is 0.110. The van der Waals surface area contributed by atoms with E-state index in [1.54, 1.807) is 18.2 Å². The topological polar surface area (TPSA) is 56.8 Å². The van der Waals surface area contributed by atoms with Gasteiger partial charge < -0.3 is 19.5 Å². The highest BCUT2D eigenvalue weighted by molar-refractivity contribution is 6.31. The highest BCUT2D eigenvalue weighted by Crippen LogP contribution is 2.38. The van der Waals surface area contributed by atoms with E-state index in [1.165, 1.54) is 0 Å². The molecule has 26 heavy (non-hydrogen) atoms. The molecule has 1 N–H and O–H groups in total. The van der Waals surface area contributed by atoms with Crippen LogP contribution >= 0.6 is 11.6 Å². The van der Waals surface area contributed by atoms with Crippen LogP contribution in [0.5, 0.6) is 17.2 Å². The average molecular weight is 376 g/mol. The molecule has 0 aromatic heterocycles. The number of anilines is 1. The minimum atomic E-state index is -0.274. The number of carbonyl (C=O) groups is 1. The van der Waals surface area contributed by atoms with Crippen molar-refractivity contribution in [1.82, 2.24) is 0 Å². The molecule has 0 radical (unpaired) electrons. The van der Waals surface area contributed by atoms with Crippen LogP contribution in [0.1, 0.15) is 25.0 Å². The van der Waals surface area contributed by atoms with Crippen LogP contribution in [0, 0.1) is 6.92 Å². The lowest BCUT2D eigenvalue weighted by molar-refractivity contribution is -0.118. The van der Waals surface area contributed by atoms with Crippen LogP contribution in [-0.4, -0.2) is 25.2 Å². The van der Waals surface area contributed by atoms with Gasteiger partial charge in [0.2, 0.25) is 0 Å². The highest BCUT2D eigenvalue weighted by atomic mass is 35.5. The lowest BCUT2D eigenvalue weighted by Crippen LogP contribution is -2.20. The fourth-order valence-corrected chi connectivity index (χ4v) is 2.97. The monoisotopic (exact) mass is 375 g/mol. The first kappa shape index (κ1) is 18.4. The van der Waals surface area contributed by atoms with E-state index in [0.717, 1.165) is 23.3 Å². The van der Waals surface area contributed by atoms with Crippen molar-refractivity contribution in [2.24, 2.45) is 0 Å². The average Bonchev–Trinajstić information content (AvgIpc) is 2.95. The molecule has 2 aromatic carbocycles. The molecular weight excluding hydrogens is 354 g/mol. The van der Waals surface area contributed by atoms with E-state index in [2.05, 4.69) is 5.32 Å². The Morgan fingerprint density at radius 3 is 2.85 bits per heavy atom. The maximum absolute atomic E-state index is 12.3. The van der Waals surface area contributed by atoms with E-state index < -0.39 is 0 Å². The second-order valence-electron chi connectivity index (χ2n) is 6.27. The van der Waals surface area contributed by atoms with Crippen molar-refractivity contribution in [3.63, 3.8) is 0 Å². The molecule has 0 saturated carbocycles. The quantitative estimate of drug-likeness (QED) is 0.813. The molecule has 5 nitrogen and oxygen atoms in total. The van der Waals surface area contributed by atoms with Crippen LogP contribution in [0.25, 0.3) is 0 Å². The van der Waals surface area contributed by atoms with E-state index in [9.17, 15) is 4.79 Å². The van der Waals surface area contributed by atoms with Crippen molar-refractivity contribution < 1.29 is 19.0 Å². The van der Waals surface area contributed by atoms with Crippen molar-refractivity contribution in [3.05, 3.63) is 46.5 Å². The van der Waals surface area contributed by atoms with E-state index in [0.29, 0.717) is 28.8 Å². The molecule has 0 saturated heterocycles. The second-order valence-corrected chi connectivity index (χ2v) is 6.68. The van der Waals surface area contributed by atoms with E-state index in [1.807, 2.05) is 32.9 Å². The third kappa shape index (κ3) is 4.22. The molecule has 1 amide bonds. The number of benzene rings is 2. The summed E-state index contributed by atoms with van der Waals surface area (Å²) in [6, 6.07) is 9.02. The number of amides is 1. The number of carbonyl (C=O) groups excluding carboxylic acids is 1. The maximum Gasteiger partial charge on any atom is 0.262 e. The Labute approximate surface area is 158 Å². The molecule has 1 atom stereocenters. The van der Waals surface area contributed by atoms with Gasteiger partial charge >= 0.3 is 0 Å². The van der Waals surface area contributed by atoms with Crippen LogP contribution < -0.4 is 19.5 Å². The molecule has 138 valence electrons. The fourth-order valence-electron chi connectivity index (χ4n) is 2.85. The van der Waals surface area contributed by atoms with Crippen molar-refractivity contribution in [2.45, 2.75) is 33.3 Å². The number of halogens is 1. The number of ether oxygens (including phenoxy) is 3. The lowest BCUT2D eigenvalue weighted by atomic mass is 10.1. The Kier molecular flexibility index (Phi) is 5.57. The standard InChI is InChI=1S/C20H22ClNO4/c1-4-24-19-9-14-8-13(3)26-18(14)10-17(19)22-20(23)11-25-15-5-6-16(21)12(2)7-15/h5-7,9-10,13H,4,8,11H2,1-3H3,(H,22,23)/t13-/m0/s1. The summed E-state index contributed by atoms with van der Waals surface area (Å²) in [4.78, 5) is 12.3. The molecule has 6 heteroatoms. The van der Waals surface area contributed by atoms with Crippen molar-refractivity contribution in [2.75, 3.05) is 18.5 Å². The molecular formula is C20H22ClNO4. The van der Waals surface area contributed by atoms with Gasteiger partial charge in [-0.1, -0.05) is 11.6 Å². The lowest BCUT2D eigenvalue weighted by Gasteiger charge is -2.14. The Hall–Kier alpha value is -2.40. The molecule has 2 aromatic rings. The Morgan fingerprint density at radius 1 is 1.31 bits per heavy atom. The van der Waals surface area contributed by atoms with Gasteiger partial charge in [0.15, 0.2) is 6.61 Å². The second kappa shape index (κ2) is 7.87. The summed E-state index contributed by atoms with van der Waals surface area (Å²) in [6.45, 7) is 6.21. The van der Waals surface area contributed by atoms with Gasteiger partial charge in [-0.15, -0.1) is 0 Å². The van der Waals surface area contributed by atoms with Crippen LogP contribution in [-0.2, 0) is 11.2 Å². The number of hydrogen-bond acceptors (Lipinski definition) is 4. The number of rotatable bonds is 6. The number of fused-ring (bicyclic) bond motifs is 1. The Morgan fingerprint density at radius 2 is 2.12 bits per heavy atom. The summed E-state index contributed by atoms with van der Waals surface area (Å²) < 4.78 is 17.0. The summed E-state index contributed by atoms with van der Waals surface area (Å²) in [5.41, 5.74) is 2.57. The zero-order valence-corrected chi connectivity index (χ0v) is 15.9. The van der Waals surface area contributed by atoms with Gasteiger partial charge in [-0.3, -0.25) is 4.79 Å².